The van der Waals surface area contributed by atoms with Crippen LogP contribution in [0.2, 0.25) is 0 Å². The van der Waals surface area contributed by atoms with E-state index in [1.807, 2.05) is 30.3 Å². The summed E-state index contributed by atoms with van der Waals surface area (Å²) < 4.78 is 4.89. The van der Waals surface area contributed by atoms with Gasteiger partial charge in [0, 0.05) is 11.6 Å². The highest BCUT2D eigenvalue weighted by molar-refractivity contribution is 5.88. The number of ether oxygens (including phenoxy) is 1. The zero-order valence-corrected chi connectivity index (χ0v) is 10.8. The normalized spacial score (nSPS) is 12.3. The van der Waals surface area contributed by atoms with E-state index in [4.69, 9.17) is 10.5 Å². The summed E-state index contributed by atoms with van der Waals surface area (Å²) in [5.74, 6) is -0.252. The Morgan fingerprint density at radius 2 is 2.05 bits per heavy atom. The van der Waals surface area contributed by atoms with Gasteiger partial charge < -0.3 is 15.6 Å². The lowest BCUT2D eigenvalue weighted by molar-refractivity contribution is -0.143. The summed E-state index contributed by atoms with van der Waals surface area (Å²) in [6, 6.07) is 10.5. The van der Waals surface area contributed by atoms with E-state index in [1.54, 1.807) is 13.0 Å². The maximum Gasteiger partial charge on any atom is 0.307 e. The number of carbonyl (C=O) groups excluding carboxylic acids is 1. The number of fused-ring (bicyclic) bond motifs is 1. The fourth-order valence-corrected chi connectivity index (χ4v) is 2.18. The fraction of sp³-hybridized carbons (Fsp3) is 0.267. The largest absolute Gasteiger partial charge is 0.508 e. The lowest BCUT2D eigenvalue weighted by Gasteiger charge is -2.15. The maximum absolute atomic E-state index is 11.5. The minimum Gasteiger partial charge on any atom is -0.508 e. The minimum atomic E-state index is -0.579. The monoisotopic (exact) mass is 259 g/mol. The second kappa shape index (κ2) is 5.71. The van der Waals surface area contributed by atoms with Crippen LogP contribution in [0.5, 0.6) is 5.75 Å². The number of rotatable bonds is 4. The minimum absolute atomic E-state index is 0.0510. The van der Waals surface area contributed by atoms with E-state index in [2.05, 4.69) is 0 Å². The third-order valence-electron chi connectivity index (χ3n) is 3.01. The van der Waals surface area contributed by atoms with Crippen molar-refractivity contribution < 1.29 is 14.6 Å². The van der Waals surface area contributed by atoms with E-state index in [1.165, 1.54) is 0 Å². The van der Waals surface area contributed by atoms with E-state index in [9.17, 15) is 9.90 Å². The van der Waals surface area contributed by atoms with E-state index in [0.29, 0.717) is 12.2 Å². The summed E-state index contributed by atoms with van der Waals surface area (Å²) in [7, 11) is 0. The zero-order valence-electron chi connectivity index (χ0n) is 10.8. The molecule has 2 aromatic carbocycles. The summed E-state index contributed by atoms with van der Waals surface area (Å²) in [5.41, 5.74) is 6.62. The summed E-state index contributed by atoms with van der Waals surface area (Å²) in [6.07, 6.45) is 0.0510. The number of esters is 1. The van der Waals surface area contributed by atoms with Crippen LogP contribution < -0.4 is 5.73 Å². The zero-order chi connectivity index (χ0) is 13.8. The van der Waals surface area contributed by atoms with Gasteiger partial charge in [0.05, 0.1) is 13.0 Å². The third kappa shape index (κ3) is 2.85. The van der Waals surface area contributed by atoms with Crippen LogP contribution in [0.1, 0.15) is 24.9 Å². The van der Waals surface area contributed by atoms with Crippen LogP contribution in [0.25, 0.3) is 10.8 Å². The van der Waals surface area contributed by atoms with Crippen LogP contribution in [0.15, 0.2) is 36.4 Å². The van der Waals surface area contributed by atoms with Crippen LogP contribution in [0, 0.1) is 0 Å². The van der Waals surface area contributed by atoms with Gasteiger partial charge in [-0.3, -0.25) is 4.79 Å². The van der Waals surface area contributed by atoms with Gasteiger partial charge >= 0.3 is 5.97 Å². The van der Waals surface area contributed by atoms with Crippen LogP contribution in [-0.2, 0) is 9.53 Å². The molecule has 0 radical (unpaired) electrons. The quantitative estimate of drug-likeness (QED) is 0.827. The second-order valence-corrected chi connectivity index (χ2v) is 4.34. The Kier molecular flexibility index (Phi) is 4.02. The molecule has 2 rings (SSSR count). The first kappa shape index (κ1) is 13.4. The molecule has 0 amide bonds. The average Bonchev–Trinajstić information content (AvgIpc) is 2.38. The molecule has 4 heteroatoms. The molecule has 19 heavy (non-hydrogen) atoms. The molecule has 0 saturated carbocycles. The van der Waals surface area contributed by atoms with Gasteiger partial charge in [-0.15, -0.1) is 0 Å². The molecule has 2 aromatic rings. The lowest BCUT2D eigenvalue weighted by atomic mass is 9.96. The predicted octanol–water partition coefficient (Wildman–Crippen LogP) is 2.50. The number of benzene rings is 2. The molecule has 0 fully saturated rings. The molecular weight excluding hydrogens is 242 g/mol. The molecule has 4 nitrogen and oxygen atoms in total. The first-order valence-corrected chi connectivity index (χ1v) is 6.25. The molecular formula is C15H17NO3. The van der Waals surface area contributed by atoms with Crippen molar-refractivity contribution in [3.63, 3.8) is 0 Å². The number of hydrogen-bond acceptors (Lipinski definition) is 4. The third-order valence-corrected chi connectivity index (χ3v) is 3.01. The highest BCUT2D eigenvalue weighted by atomic mass is 16.5. The molecule has 100 valence electrons. The Balaban J connectivity index is 2.38. The fourth-order valence-electron chi connectivity index (χ4n) is 2.18. The molecule has 0 bridgehead atoms. The summed E-state index contributed by atoms with van der Waals surface area (Å²) >= 11 is 0. The standard InChI is InChI=1S/C15H17NO3/c1-2-19-14(18)9-12(16)15-11-6-4-3-5-10(11)7-8-13(15)17/h3-8,12,17H,2,9,16H2,1H3/t12-/m1/s1. The predicted molar refractivity (Wildman–Crippen MR) is 73.8 cm³/mol. The highest BCUT2D eigenvalue weighted by Gasteiger charge is 2.18. The van der Waals surface area contributed by atoms with Gasteiger partial charge in [-0.05, 0) is 23.8 Å². The smallest absolute Gasteiger partial charge is 0.307 e. The second-order valence-electron chi connectivity index (χ2n) is 4.34. The van der Waals surface area contributed by atoms with E-state index in [-0.39, 0.29) is 18.1 Å². The molecule has 0 heterocycles. The number of phenolic OH excluding ortho intramolecular Hbond substituents is 1. The Morgan fingerprint density at radius 1 is 1.32 bits per heavy atom. The molecule has 0 aliphatic heterocycles. The van der Waals surface area contributed by atoms with Gasteiger partial charge in [0.2, 0.25) is 0 Å². The molecule has 3 N–H and O–H groups in total. The summed E-state index contributed by atoms with van der Waals surface area (Å²) in [5, 5.41) is 11.8. The average molecular weight is 259 g/mol. The Hall–Kier alpha value is -2.07. The number of carbonyl (C=O) groups is 1. The first-order chi connectivity index (χ1) is 9.13. The van der Waals surface area contributed by atoms with Crippen molar-refractivity contribution >= 4 is 16.7 Å². The number of nitrogens with two attached hydrogens (primary N) is 1. The van der Waals surface area contributed by atoms with Crippen molar-refractivity contribution in [1.82, 2.24) is 0 Å². The van der Waals surface area contributed by atoms with E-state index < -0.39 is 6.04 Å². The van der Waals surface area contributed by atoms with E-state index >= 15 is 0 Å². The Bertz CT molecular complexity index is 595. The molecule has 0 aromatic heterocycles. The van der Waals surface area contributed by atoms with Crippen molar-refractivity contribution in [1.29, 1.82) is 0 Å². The summed E-state index contributed by atoms with van der Waals surface area (Å²) in [4.78, 5) is 11.5. The summed E-state index contributed by atoms with van der Waals surface area (Å²) in [6.45, 7) is 2.08. The Labute approximate surface area is 111 Å². The van der Waals surface area contributed by atoms with Crippen molar-refractivity contribution in [3.8, 4) is 5.75 Å². The highest BCUT2D eigenvalue weighted by Crippen LogP contribution is 2.32. The van der Waals surface area contributed by atoms with Crippen LogP contribution in [0.4, 0.5) is 0 Å². The maximum atomic E-state index is 11.5. The van der Waals surface area contributed by atoms with Crippen LogP contribution in [-0.4, -0.2) is 17.7 Å². The number of hydrogen-bond donors (Lipinski definition) is 2. The van der Waals surface area contributed by atoms with Gasteiger partial charge in [0.15, 0.2) is 0 Å². The van der Waals surface area contributed by atoms with Crippen molar-refractivity contribution in [2.24, 2.45) is 5.73 Å². The van der Waals surface area contributed by atoms with Crippen molar-refractivity contribution in [2.75, 3.05) is 6.61 Å². The van der Waals surface area contributed by atoms with Crippen molar-refractivity contribution in [2.45, 2.75) is 19.4 Å². The van der Waals surface area contributed by atoms with E-state index in [0.717, 1.165) is 10.8 Å². The molecule has 0 saturated heterocycles. The number of phenols is 1. The SMILES string of the molecule is CCOC(=O)C[C@@H](N)c1c(O)ccc2ccccc12. The molecule has 0 aliphatic carbocycles. The van der Waals surface area contributed by atoms with Gasteiger partial charge in [-0.25, -0.2) is 0 Å². The lowest BCUT2D eigenvalue weighted by Crippen LogP contribution is -2.17. The van der Waals surface area contributed by atoms with Gasteiger partial charge in [-0.1, -0.05) is 30.3 Å². The van der Waals surface area contributed by atoms with Crippen molar-refractivity contribution in [3.05, 3.63) is 42.0 Å². The van der Waals surface area contributed by atoms with Gasteiger partial charge in [-0.2, -0.15) is 0 Å². The van der Waals surface area contributed by atoms with Gasteiger partial charge in [0.1, 0.15) is 5.75 Å². The topological polar surface area (TPSA) is 72.5 Å². The first-order valence-electron chi connectivity index (χ1n) is 6.25. The molecule has 1 atom stereocenters. The molecule has 0 aliphatic rings. The van der Waals surface area contributed by atoms with Crippen LogP contribution in [0.3, 0.4) is 0 Å². The molecule has 0 spiro atoms. The Morgan fingerprint density at radius 3 is 2.79 bits per heavy atom. The van der Waals surface area contributed by atoms with Crippen LogP contribution >= 0.6 is 0 Å². The molecule has 0 unspecified atom stereocenters. The number of aromatic hydroxyl groups is 1. The van der Waals surface area contributed by atoms with Gasteiger partial charge in [0.25, 0.3) is 0 Å².